The minimum absolute atomic E-state index is 0.0506. The Hall–Kier alpha value is -3.33. The SMILES string of the molecule is CC/C=C\C/C=C\C/C=C\C/C=C\C/C=C\C/C=C\C/C=C\CCCCCCCCCCCCCC(=O)OC(COC(=O)CCCCCCCCCCCCCCCCCCCCCCCCCCCCCCC/C=C\C/C=C\CCCCCCC)COP(=O)(O)OCCN. The molecule has 0 aromatic heterocycles. The van der Waals surface area contributed by atoms with Crippen molar-refractivity contribution in [3.8, 4) is 0 Å². The van der Waals surface area contributed by atoms with Crippen molar-refractivity contribution >= 4 is 19.8 Å². The number of hydrogen-bond donors (Lipinski definition) is 2. The molecule has 0 spiro atoms. The van der Waals surface area contributed by atoms with Crippen molar-refractivity contribution in [2.45, 2.75) is 392 Å². The van der Waals surface area contributed by atoms with Crippen LogP contribution < -0.4 is 5.73 Å². The van der Waals surface area contributed by atoms with Gasteiger partial charge >= 0.3 is 19.8 Å². The molecule has 2 unspecified atom stereocenters. The van der Waals surface area contributed by atoms with Crippen LogP contribution in [0, 0.1) is 0 Å². The number of phosphoric acid groups is 1. The van der Waals surface area contributed by atoms with E-state index in [4.69, 9.17) is 24.3 Å². The highest BCUT2D eigenvalue weighted by atomic mass is 31.2. The number of hydrogen-bond acceptors (Lipinski definition) is 8. The Balaban J connectivity index is 3.79. The van der Waals surface area contributed by atoms with Crippen LogP contribution in [0.5, 0.6) is 0 Å². The number of ether oxygens (including phenoxy) is 2. The highest BCUT2D eigenvalue weighted by molar-refractivity contribution is 7.47. The molecule has 0 heterocycles. The zero-order chi connectivity index (χ0) is 68.6. The van der Waals surface area contributed by atoms with Crippen molar-refractivity contribution in [2.24, 2.45) is 5.73 Å². The summed E-state index contributed by atoms with van der Waals surface area (Å²) in [4.78, 5) is 35.5. The molecular weight excluding hydrogens is 1190 g/mol. The fourth-order valence-electron chi connectivity index (χ4n) is 11.7. The Labute approximate surface area is 588 Å². The molecule has 0 saturated heterocycles. The van der Waals surface area contributed by atoms with Crippen LogP contribution in [-0.2, 0) is 32.7 Å². The molecule has 9 nitrogen and oxygen atoms in total. The van der Waals surface area contributed by atoms with Crippen LogP contribution in [0.2, 0.25) is 0 Å². The summed E-state index contributed by atoms with van der Waals surface area (Å²) in [5.74, 6) is -0.819. The van der Waals surface area contributed by atoms with E-state index in [0.29, 0.717) is 6.42 Å². The van der Waals surface area contributed by atoms with E-state index in [0.717, 1.165) is 96.3 Å². The topological polar surface area (TPSA) is 134 Å². The van der Waals surface area contributed by atoms with Crippen LogP contribution in [-0.4, -0.2) is 49.3 Å². The second kappa shape index (κ2) is 79.7. The Morgan fingerprint density at radius 2 is 0.579 bits per heavy atom. The average Bonchev–Trinajstić information content (AvgIpc) is 3.25. The fraction of sp³-hybridized carbons (Fsp3) is 0.765. The molecule has 0 aromatic rings. The molecule has 0 fully saturated rings. The molecule has 0 amide bonds. The van der Waals surface area contributed by atoms with Gasteiger partial charge in [0.2, 0.25) is 0 Å². The number of unbranched alkanes of at least 4 members (excludes halogenated alkanes) is 45. The predicted molar refractivity (Wildman–Crippen MR) is 413 cm³/mol. The van der Waals surface area contributed by atoms with Crippen LogP contribution in [0.25, 0.3) is 0 Å². The molecule has 550 valence electrons. The van der Waals surface area contributed by atoms with Crippen molar-refractivity contribution in [3.05, 3.63) is 109 Å². The molecule has 0 radical (unpaired) electrons. The highest BCUT2D eigenvalue weighted by Gasteiger charge is 2.26. The van der Waals surface area contributed by atoms with E-state index in [9.17, 15) is 19.0 Å². The molecule has 0 aliphatic heterocycles. The molecule has 0 aromatic carbocycles. The van der Waals surface area contributed by atoms with Gasteiger partial charge in [-0.3, -0.25) is 18.6 Å². The summed E-state index contributed by atoms with van der Waals surface area (Å²) in [5, 5.41) is 0. The first kappa shape index (κ1) is 91.7. The normalized spacial score (nSPS) is 13.4. The number of phosphoric ester groups is 1. The number of allylic oxidation sites excluding steroid dienone is 18. The lowest BCUT2D eigenvalue weighted by molar-refractivity contribution is -0.161. The lowest BCUT2D eigenvalue weighted by Gasteiger charge is -2.19. The fourth-order valence-corrected chi connectivity index (χ4v) is 12.5. The van der Waals surface area contributed by atoms with Crippen LogP contribution >= 0.6 is 7.82 Å². The molecule has 2 atom stereocenters. The minimum Gasteiger partial charge on any atom is -0.462 e. The lowest BCUT2D eigenvalue weighted by atomic mass is 10.0. The lowest BCUT2D eigenvalue weighted by Crippen LogP contribution is -2.29. The van der Waals surface area contributed by atoms with Crippen LogP contribution in [0.1, 0.15) is 386 Å². The Kier molecular flexibility index (Phi) is 76.9. The molecular formula is C85H152NO8P. The van der Waals surface area contributed by atoms with Gasteiger partial charge in [0.05, 0.1) is 13.2 Å². The van der Waals surface area contributed by atoms with Gasteiger partial charge in [-0.1, -0.05) is 380 Å². The van der Waals surface area contributed by atoms with Crippen LogP contribution in [0.3, 0.4) is 0 Å². The predicted octanol–water partition coefficient (Wildman–Crippen LogP) is 27.2. The number of esters is 2. The number of carbonyl (C=O) groups excluding carboxylic acids is 2. The maximum atomic E-state index is 12.8. The first-order valence-electron chi connectivity index (χ1n) is 40.4. The van der Waals surface area contributed by atoms with E-state index in [1.165, 1.54) is 257 Å². The second-order valence-electron chi connectivity index (χ2n) is 26.9. The van der Waals surface area contributed by atoms with Gasteiger partial charge < -0.3 is 20.1 Å². The largest absolute Gasteiger partial charge is 0.472 e. The Bertz CT molecular complexity index is 1930. The summed E-state index contributed by atoms with van der Waals surface area (Å²) >= 11 is 0. The first-order chi connectivity index (χ1) is 46.8. The van der Waals surface area contributed by atoms with Crippen molar-refractivity contribution in [1.29, 1.82) is 0 Å². The number of rotatable bonds is 76. The van der Waals surface area contributed by atoms with Gasteiger partial charge in [-0.25, -0.2) is 4.57 Å². The zero-order valence-electron chi connectivity index (χ0n) is 62.1. The molecule has 95 heavy (non-hydrogen) atoms. The zero-order valence-corrected chi connectivity index (χ0v) is 63.0. The summed E-state index contributed by atoms with van der Waals surface area (Å²) in [6, 6.07) is 0. The Morgan fingerprint density at radius 1 is 0.326 bits per heavy atom. The van der Waals surface area contributed by atoms with Crippen molar-refractivity contribution in [3.63, 3.8) is 0 Å². The summed E-state index contributed by atoms with van der Waals surface area (Å²) in [7, 11) is -4.40. The van der Waals surface area contributed by atoms with E-state index in [1.807, 2.05) is 0 Å². The Morgan fingerprint density at radius 3 is 0.863 bits per heavy atom. The van der Waals surface area contributed by atoms with Gasteiger partial charge in [-0.05, 0) is 103 Å². The maximum absolute atomic E-state index is 12.8. The maximum Gasteiger partial charge on any atom is 0.472 e. The monoisotopic (exact) mass is 1350 g/mol. The second-order valence-corrected chi connectivity index (χ2v) is 28.4. The number of nitrogens with two attached hydrogens (primary N) is 1. The van der Waals surface area contributed by atoms with E-state index in [2.05, 4.69) is 123 Å². The third kappa shape index (κ3) is 79.5. The molecule has 0 aliphatic rings. The summed E-state index contributed by atoms with van der Waals surface area (Å²) < 4.78 is 33.3. The average molecular weight is 1350 g/mol. The first-order valence-corrected chi connectivity index (χ1v) is 41.9. The van der Waals surface area contributed by atoms with Crippen molar-refractivity contribution < 1.29 is 37.6 Å². The third-order valence-corrected chi connectivity index (χ3v) is 18.6. The van der Waals surface area contributed by atoms with Gasteiger partial charge in [0.15, 0.2) is 6.10 Å². The van der Waals surface area contributed by atoms with Gasteiger partial charge in [-0.2, -0.15) is 0 Å². The van der Waals surface area contributed by atoms with Crippen molar-refractivity contribution in [1.82, 2.24) is 0 Å². The van der Waals surface area contributed by atoms with E-state index in [1.54, 1.807) is 0 Å². The van der Waals surface area contributed by atoms with Gasteiger partial charge in [0, 0.05) is 19.4 Å². The smallest absolute Gasteiger partial charge is 0.462 e. The van der Waals surface area contributed by atoms with E-state index >= 15 is 0 Å². The van der Waals surface area contributed by atoms with Crippen LogP contribution in [0.15, 0.2) is 109 Å². The molecule has 0 rings (SSSR count). The van der Waals surface area contributed by atoms with Gasteiger partial charge in [0.1, 0.15) is 6.61 Å². The number of carbonyl (C=O) groups is 2. The van der Waals surface area contributed by atoms with Gasteiger partial charge in [0.25, 0.3) is 0 Å². The molecule has 0 bridgehead atoms. The highest BCUT2D eigenvalue weighted by Crippen LogP contribution is 2.43. The van der Waals surface area contributed by atoms with Gasteiger partial charge in [-0.15, -0.1) is 0 Å². The third-order valence-electron chi connectivity index (χ3n) is 17.6. The summed E-state index contributed by atoms with van der Waals surface area (Å²) in [6.45, 7) is 3.66. The summed E-state index contributed by atoms with van der Waals surface area (Å²) in [5.41, 5.74) is 5.41. The molecule has 0 saturated carbocycles. The summed E-state index contributed by atoms with van der Waals surface area (Å²) in [6.07, 6.45) is 111. The van der Waals surface area contributed by atoms with Crippen molar-refractivity contribution in [2.75, 3.05) is 26.4 Å². The molecule has 0 aliphatic carbocycles. The standard InChI is InChI=1S/C85H152NO8P/c1-3-5-7-9-11-13-15-17-19-21-23-25-27-29-31-33-35-37-38-39-40-41-42-43-44-46-47-49-51-53-55-57-59-61-63-65-67-69-71-73-75-77-84(87)91-81-83(82-93-95(89,90)92-80-79-86)94-85(88)78-76-74-72-70-68-66-64-62-60-58-56-54-52-50-48-45-36-34-32-30-28-26-24-22-20-18-16-14-12-10-8-6-4-2/h6,8,12,14-15,17-18,20-21,23-24,26,30,32,36,45,50,52,83H,3-5,7,9-11,13,16,19,22,25,27-29,31,33-35,37-44,46-49,51,53-82,86H2,1-2H3,(H,89,90)/b8-6-,14-12-,17-15-,20-18-,23-21-,26-24-,32-30-,45-36-,52-50-. The van der Waals surface area contributed by atoms with Crippen LogP contribution in [0.4, 0.5) is 0 Å². The quantitative estimate of drug-likeness (QED) is 0.0264. The molecule has 10 heteroatoms. The molecule has 3 N–H and O–H groups in total. The minimum atomic E-state index is -4.40. The van der Waals surface area contributed by atoms with E-state index < -0.39 is 26.5 Å². The van der Waals surface area contributed by atoms with E-state index in [-0.39, 0.29) is 38.6 Å².